The fourth-order valence-corrected chi connectivity index (χ4v) is 5.23. The van der Waals surface area contributed by atoms with Gasteiger partial charge in [0.2, 0.25) is 15.9 Å². The molecule has 3 rings (SSSR count). The monoisotopic (exact) mass is 328 g/mol. The van der Waals surface area contributed by atoms with Crippen LogP contribution in [0.2, 0.25) is 0 Å². The summed E-state index contributed by atoms with van der Waals surface area (Å²) in [5.41, 5.74) is 0. The summed E-state index contributed by atoms with van der Waals surface area (Å²) in [6.45, 7) is 8.97. The van der Waals surface area contributed by atoms with Crippen LogP contribution in [0.1, 0.15) is 38.9 Å². The zero-order valence-corrected chi connectivity index (χ0v) is 14.3. The summed E-state index contributed by atoms with van der Waals surface area (Å²) in [6, 6.07) is 0. The average Bonchev–Trinajstić information content (AvgIpc) is 2.93. The second kappa shape index (κ2) is 5.58. The van der Waals surface area contributed by atoms with Crippen molar-refractivity contribution in [3.63, 3.8) is 0 Å². The first-order chi connectivity index (χ1) is 10.4. The summed E-state index contributed by atoms with van der Waals surface area (Å²) in [5.74, 6) is 1.59. The predicted octanol–water partition coefficient (Wildman–Crippen LogP) is 0.878. The Hall–Kier alpha value is -0.990. The SMILES string of the molecule is CCc1nc(CN2CCN(S(=O)(=O)[C@@]3(C)C[C@@H]3C)CC2)no1. The highest BCUT2D eigenvalue weighted by Gasteiger charge is 2.59. The topological polar surface area (TPSA) is 79.5 Å². The van der Waals surface area contributed by atoms with E-state index in [1.165, 1.54) is 0 Å². The Bertz CT molecular complexity index is 636. The van der Waals surface area contributed by atoms with Crippen LogP contribution in [0.15, 0.2) is 4.52 Å². The van der Waals surface area contributed by atoms with Gasteiger partial charge in [0, 0.05) is 32.6 Å². The summed E-state index contributed by atoms with van der Waals surface area (Å²) in [7, 11) is -3.18. The molecule has 2 aliphatic rings. The maximum absolute atomic E-state index is 12.7. The van der Waals surface area contributed by atoms with Crippen molar-refractivity contribution >= 4 is 10.0 Å². The van der Waals surface area contributed by atoms with Crippen molar-refractivity contribution in [3.8, 4) is 0 Å². The highest BCUT2D eigenvalue weighted by molar-refractivity contribution is 7.90. The molecule has 7 nitrogen and oxygen atoms in total. The molecule has 0 radical (unpaired) electrons. The largest absolute Gasteiger partial charge is 0.339 e. The lowest BCUT2D eigenvalue weighted by Crippen LogP contribution is -2.51. The summed E-state index contributed by atoms with van der Waals surface area (Å²) < 4.78 is 31.5. The van der Waals surface area contributed by atoms with Gasteiger partial charge in [-0.15, -0.1) is 0 Å². The molecule has 0 unspecified atom stereocenters. The van der Waals surface area contributed by atoms with Gasteiger partial charge in [0.25, 0.3) is 0 Å². The van der Waals surface area contributed by atoms with Crippen LogP contribution in [0, 0.1) is 5.92 Å². The fraction of sp³-hybridized carbons (Fsp3) is 0.857. The van der Waals surface area contributed by atoms with E-state index in [9.17, 15) is 8.42 Å². The maximum Gasteiger partial charge on any atom is 0.226 e. The van der Waals surface area contributed by atoms with E-state index in [0.717, 1.165) is 12.8 Å². The molecule has 0 spiro atoms. The van der Waals surface area contributed by atoms with Crippen molar-refractivity contribution in [1.82, 2.24) is 19.3 Å². The first kappa shape index (κ1) is 15.9. The van der Waals surface area contributed by atoms with Gasteiger partial charge in [-0.1, -0.05) is 19.0 Å². The number of piperazine rings is 1. The van der Waals surface area contributed by atoms with E-state index in [-0.39, 0.29) is 5.92 Å². The molecule has 1 aliphatic heterocycles. The van der Waals surface area contributed by atoms with Crippen LogP contribution >= 0.6 is 0 Å². The predicted molar refractivity (Wildman–Crippen MR) is 81.6 cm³/mol. The molecule has 1 aromatic rings. The third-order valence-electron chi connectivity index (χ3n) is 5.03. The van der Waals surface area contributed by atoms with Gasteiger partial charge in [0.1, 0.15) is 0 Å². The van der Waals surface area contributed by atoms with Crippen molar-refractivity contribution in [2.45, 2.75) is 44.9 Å². The normalized spacial score (nSPS) is 30.6. The van der Waals surface area contributed by atoms with Crippen LogP contribution < -0.4 is 0 Å². The molecular weight excluding hydrogens is 304 g/mol. The van der Waals surface area contributed by atoms with Gasteiger partial charge in [0.05, 0.1) is 11.3 Å². The summed E-state index contributed by atoms with van der Waals surface area (Å²) >= 11 is 0. The van der Waals surface area contributed by atoms with Gasteiger partial charge in [-0.2, -0.15) is 9.29 Å². The number of aromatic nitrogens is 2. The second-order valence-electron chi connectivity index (χ2n) is 6.56. The zero-order chi connectivity index (χ0) is 16.0. The Kier molecular flexibility index (Phi) is 4.03. The molecule has 0 aromatic carbocycles. The van der Waals surface area contributed by atoms with E-state index in [1.807, 2.05) is 20.8 Å². The Morgan fingerprint density at radius 1 is 1.32 bits per heavy atom. The highest BCUT2D eigenvalue weighted by atomic mass is 32.2. The molecular formula is C14H24N4O3S. The van der Waals surface area contributed by atoms with E-state index in [2.05, 4.69) is 15.0 Å². The van der Waals surface area contributed by atoms with Gasteiger partial charge in [0.15, 0.2) is 5.82 Å². The number of sulfonamides is 1. The van der Waals surface area contributed by atoms with E-state index in [1.54, 1.807) is 4.31 Å². The van der Waals surface area contributed by atoms with E-state index >= 15 is 0 Å². The van der Waals surface area contributed by atoms with Crippen molar-refractivity contribution < 1.29 is 12.9 Å². The lowest BCUT2D eigenvalue weighted by Gasteiger charge is -2.35. The Balaban J connectivity index is 1.56. The minimum atomic E-state index is -3.18. The Labute approximate surface area is 131 Å². The number of hydrogen-bond donors (Lipinski definition) is 0. The number of hydrogen-bond acceptors (Lipinski definition) is 6. The van der Waals surface area contributed by atoms with Crippen LogP contribution in [0.25, 0.3) is 0 Å². The lowest BCUT2D eigenvalue weighted by molar-refractivity contribution is 0.175. The number of rotatable bonds is 5. The third kappa shape index (κ3) is 2.68. The Morgan fingerprint density at radius 3 is 2.45 bits per heavy atom. The smallest absolute Gasteiger partial charge is 0.226 e. The Morgan fingerprint density at radius 2 is 1.95 bits per heavy atom. The first-order valence-electron chi connectivity index (χ1n) is 7.90. The van der Waals surface area contributed by atoms with Crippen LogP contribution in [0.3, 0.4) is 0 Å². The van der Waals surface area contributed by atoms with Crippen molar-refractivity contribution in [2.24, 2.45) is 5.92 Å². The van der Waals surface area contributed by atoms with Gasteiger partial charge in [-0.25, -0.2) is 8.42 Å². The molecule has 2 atom stereocenters. The number of nitrogens with zero attached hydrogens (tertiary/aromatic N) is 4. The summed E-state index contributed by atoms with van der Waals surface area (Å²) in [5, 5.41) is 3.95. The minimum absolute atomic E-state index is 0.266. The quantitative estimate of drug-likeness (QED) is 0.798. The minimum Gasteiger partial charge on any atom is -0.339 e. The number of aryl methyl sites for hydroxylation is 1. The molecule has 1 saturated carbocycles. The molecule has 1 aliphatic carbocycles. The highest BCUT2D eigenvalue weighted by Crippen LogP contribution is 2.50. The van der Waals surface area contributed by atoms with Gasteiger partial charge in [-0.3, -0.25) is 4.90 Å². The summed E-state index contributed by atoms with van der Waals surface area (Å²) in [4.78, 5) is 6.47. The zero-order valence-electron chi connectivity index (χ0n) is 13.4. The summed E-state index contributed by atoms with van der Waals surface area (Å²) in [6.07, 6.45) is 1.51. The van der Waals surface area contributed by atoms with Crippen LogP contribution in [-0.2, 0) is 23.0 Å². The maximum atomic E-state index is 12.7. The standard InChI is InChI=1S/C14H24N4O3S/c1-4-13-15-12(16-21-13)10-17-5-7-18(8-6-17)22(19,20)14(3)9-11(14)2/h11H,4-10H2,1-3H3/t11-,14-/m0/s1. The van der Waals surface area contributed by atoms with Crippen LogP contribution in [0.5, 0.6) is 0 Å². The first-order valence-corrected chi connectivity index (χ1v) is 9.34. The lowest BCUT2D eigenvalue weighted by atomic mass is 10.3. The van der Waals surface area contributed by atoms with E-state index < -0.39 is 14.8 Å². The van der Waals surface area contributed by atoms with Crippen LogP contribution in [0.4, 0.5) is 0 Å². The van der Waals surface area contributed by atoms with Gasteiger partial charge in [-0.05, 0) is 19.3 Å². The fourth-order valence-electron chi connectivity index (χ4n) is 3.03. The molecule has 0 bridgehead atoms. The van der Waals surface area contributed by atoms with Crippen molar-refractivity contribution in [3.05, 3.63) is 11.7 Å². The molecule has 22 heavy (non-hydrogen) atoms. The molecule has 1 aromatic heterocycles. The van der Waals surface area contributed by atoms with Gasteiger partial charge >= 0.3 is 0 Å². The third-order valence-corrected chi connectivity index (χ3v) is 7.82. The molecule has 8 heteroatoms. The van der Waals surface area contributed by atoms with Crippen molar-refractivity contribution in [2.75, 3.05) is 26.2 Å². The van der Waals surface area contributed by atoms with Crippen molar-refractivity contribution in [1.29, 1.82) is 0 Å². The van der Waals surface area contributed by atoms with Crippen LogP contribution in [-0.4, -0.2) is 58.7 Å². The molecule has 2 fully saturated rings. The average molecular weight is 328 g/mol. The molecule has 1 saturated heterocycles. The van der Waals surface area contributed by atoms with Gasteiger partial charge < -0.3 is 4.52 Å². The van der Waals surface area contributed by atoms with E-state index in [0.29, 0.717) is 44.4 Å². The molecule has 0 amide bonds. The molecule has 124 valence electrons. The molecule has 0 N–H and O–H groups in total. The second-order valence-corrected chi connectivity index (χ2v) is 8.96. The molecule has 2 heterocycles. The van der Waals surface area contributed by atoms with E-state index in [4.69, 9.17) is 4.52 Å².